The van der Waals surface area contributed by atoms with Crippen LogP contribution in [0.3, 0.4) is 0 Å². The lowest BCUT2D eigenvalue weighted by Gasteiger charge is -2.33. The summed E-state index contributed by atoms with van der Waals surface area (Å²) >= 11 is 0. The number of benzene rings is 1. The fraction of sp³-hybridized carbons (Fsp3) is 0.778. The summed E-state index contributed by atoms with van der Waals surface area (Å²) in [6.45, 7) is 19.6. The van der Waals surface area contributed by atoms with Gasteiger partial charge in [0.1, 0.15) is 34.3 Å². The highest BCUT2D eigenvalue weighted by atomic mass is 16.7. The molecule has 6 fully saturated rings. The van der Waals surface area contributed by atoms with Gasteiger partial charge in [-0.05, 0) is 58.2 Å². The van der Waals surface area contributed by atoms with Crippen LogP contribution in [-0.2, 0) is 48.1 Å². The topological polar surface area (TPSA) is 84.9 Å². The van der Waals surface area contributed by atoms with Gasteiger partial charge in [0.05, 0.1) is 39.6 Å². The van der Waals surface area contributed by atoms with E-state index in [1.54, 1.807) is 0 Å². The lowest BCUT2D eigenvalue weighted by molar-refractivity contribution is -0.0153. The molecule has 6 unspecified atom stereocenters. The Morgan fingerprint density at radius 1 is 0.444 bits per heavy atom. The molecule has 36 heavy (non-hydrogen) atoms. The lowest BCUT2D eigenvalue weighted by Crippen LogP contribution is -2.46. The first-order chi connectivity index (χ1) is 16.9. The van der Waals surface area contributed by atoms with E-state index in [0.29, 0.717) is 0 Å². The second-order valence-corrected chi connectivity index (χ2v) is 12.7. The molecule has 1 aromatic rings. The van der Waals surface area contributed by atoms with Gasteiger partial charge in [-0.15, -0.1) is 0 Å². The Kier molecular flexibility index (Phi) is 4.84. The first kappa shape index (κ1) is 23.9. The molecular weight excluding hydrogens is 462 g/mol. The van der Waals surface area contributed by atoms with E-state index >= 15 is 0 Å². The van der Waals surface area contributed by atoms with Crippen molar-refractivity contribution < 1.29 is 28.4 Å². The van der Waals surface area contributed by atoms with Crippen molar-refractivity contribution in [3.8, 4) is 0 Å². The Morgan fingerprint density at radius 3 is 0.750 bits per heavy atom. The average Bonchev–Trinajstić information content (AvgIpc) is 3.64. The van der Waals surface area contributed by atoms with E-state index in [4.69, 9.17) is 28.4 Å². The Hall–Kier alpha value is -1.14. The Morgan fingerprint density at radius 2 is 0.611 bits per heavy atom. The Bertz CT molecular complexity index is 870. The minimum Gasteiger partial charge on any atom is -0.354 e. The van der Waals surface area contributed by atoms with Gasteiger partial charge in [-0.2, -0.15) is 0 Å². The van der Waals surface area contributed by atoms with Crippen molar-refractivity contribution in [2.75, 3.05) is 39.6 Å². The summed E-state index contributed by atoms with van der Waals surface area (Å²) < 4.78 is 35.2. The summed E-state index contributed by atoms with van der Waals surface area (Å²) in [4.78, 5) is 7.10. The minimum absolute atomic E-state index is 0.269. The second kappa shape index (κ2) is 7.28. The van der Waals surface area contributed by atoms with Gasteiger partial charge >= 0.3 is 0 Å². The van der Waals surface area contributed by atoms with Crippen LogP contribution in [0, 0.1) is 0 Å². The molecule has 9 nitrogen and oxygen atoms in total. The quantitative estimate of drug-likeness (QED) is 0.401. The van der Waals surface area contributed by atoms with Crippen LogP contribution < -0.4 is 0 Å². The molecule has 0 radical (unpaired) electrons. The first-order valence-corrected chi connectivity index (χ1v) is 13.2. The highest BCUT2D eigenvalue weighted by Crippen LogP contribution is 2.47. The smallest absolute Gasteiger partial charge is 0.145 e. The highest BCUT2D eigenvalue weighted by molar-refractivity contribution is 5.32. The molecule has 6 heterocycles. The molecule has 198 valence electrons. The number of ether oxygens (including phenoxy) is 6. The molecule has 7 rings (SSSR count). The molecule has 6 aliphatic heterocycles. The van der Waals surface area contributed by atoms with Gasteiger partial charge in [-0.3, -0.25) is 0 Å². The van der Waals surface area contributed by atoms with Crippen molar-refractivity contribution in [3.63, 3.8) is 0 Å². The third-order valence-electron chi connectivity index (χ3n) is 8.93. The van der Waals surface area contributed by atoms with E-state index in [0.717, 1.165) is 59.3 Å². The van der Waals surface area contributed by atoms with E-state index in [2.05, 4.69) is 74.4 Å². The molecule has 6 saturated heterocycles. The predicted octanol–water partition coefficient (Wildman–Crippen LogP) is 2.57. The van der Waals surface area contributed by atoms with Gasteiger partial charge in [0, 0.05) is 19.6 Å². The van der Waals surface area contributed by atoms with Crippen LogP contribution in [0.4, 0.5) is 0 Å². The molecule has 0 aliphatic carbocycles. The number of nitrogens with zero attached hydrogens (tertiary/aromatic N) is 3. The summed E-state index contributed by atoms with van der Waals surface area (Å²) in [5, 5.41) is 0. The molecule has 6 atom stereocenters. The largest absolute Gasteiger partial charge is 0.354 e. The van der Waals surface area contributed by atoms with Gasteiger partial charge in [0.25, 0.3) is 0 Å². The van der Waals surface area contributed by atoms with Crippen molar-refractivity contribution in [1.29, 1.82) is 0 Å². The van der Waals surface area contributed by atoms with Gasteiger partial charge in [0.2, 0.25) is 0 Å². The van der Waals surface area contributed by atoms with Crippen LogP contribution in [0.5, 0.6) is 0 Å². The summed E-state index contributed by atoms with van der Waals surface area (Å²) in [6.07, 6.45) is 0. The molecule has 0 amide bonds. The highest BCUT2D eigenvalue weighted by Gasteiger charge is 2.61. The number of hydrogen-bond donors (Lipinski definition) is 0. The van der Waals surface area contributed by atoms with E-state index < -0.39 is 0 Å². The molecule has 1 aromatic carbocycles. The minimum atomic E-state index is -0.269. The van der Waals surface area contributed by atoms with Crippen LogP contribution in [0.2, 0.25) is 0 Å². The molecular formula is C27H39N3O6. The van der Waals surface area contributed by atoms with Crippen LogP contribution in [-0.4, -0.2) is 88.7 Å². The van der Waals surface area contributed by atoms with Crippen molar-refractivity contribution in [2.45, 2.75) is 95.5 Å². The van der Waals surface area contributed by atoms with E-state index in [1.165, 1.54) is 16.7 Å². The predicted molar refractivity (Wildman–Crippen MR) is 129 cm³/mol. The van der Waals surface area contributed by atoms with Gasteiger partial charge in [-0.1, -0.05) is 18.2 Å². The SMILES string of the molecule is CC1(N(Cc2cc(CN(C3(C)CO3)C3(C)CO3)cc(CN(C3(C)CO3)C3(C)CO3)c2)C2(C)CO2)CO1. The molecule has 0 saturated carbocycles. The molecule has 9 heteroatoms. The van der Waals surface area contributed by atoms with Crippen molar-refractivity contribution in [3.05, 3.63) is 34.9 Å². The molecule has 0 bridgehead atoms. The Labute approximate surface area is 213 Å². The molecule has 6 aliphatic rings. The van der Waals surface area contributed by atoms with E-state index in [-0.39, 0.29) is 34.3 Å². The maximum atomic E-state index is 5.86. The van der Waals surface area contributed by atoms with E-state index in [1.807, 2.05) is 0 Å². The number of hydrogen-bond acceptors (Lipinski definition) is 9. The summed E-state index contributed by atoms with van der Waals surface area (Å²) in [6, 6.07) is 6.98. The fourth-order valence-corrected chi connectivity index (χ4v) is 5.73. The number of epoxide rings is 6. The molecule has 0 N–H and O–H groups in total. The average molecular weight is 502 g/mol. The third-order valence-corrected chi connectivity index (χ3v) is 8.93. The van der Waals surface area contributed by atoms with Crippen molar-refractivity contribution >= 4 is 0 Å². The number of rotatable bonds is 12. The van der Waals surface area contributed by atoms with Crippen molar-refractivity contribution in [1.82, 2.24) is 14.7 Å². The zero-order valence-corrected chi connectivity index (χ0v) is 22.4. The van der Waals surface area contributed by atoms with Gasteiger partial charge in [0.15, 0.2) is 0 Å². The monoisotopic (exact) mass is 501 g/mol. The van der Waals surface area contributed by atoms with E-state index in [9.17, 15) is 0 Å². The maximum Gasteiger partial charge on any atom is 0.145 e. The standard InChI is InChI=1S/C27H39N3O6/c1-22(13-31-22)28(23(2)14-32-23)10-19-7-20(11-29(24(3)15-33-24)25(4)16-34-25)9-21(8-19)12-30(26(5)17-35-26)27(6)18-36-27/h7-9H,10-18H2,1-6H3. The second-order valence-electron chi connectivity index (χ2n) is 12.7. The Balaban J connectivity index is 1.21. The first-order valence-electron chi connectivity index (χ1n) is 13.2. The van der Waals surface area contributed by atoms with Crippen LogP contribution in [0.15, 0.2) is 18.2 Å². The van der Waals surface area contributed by atoms with Crippen LogP contribution >= 0.6 is 0 Å². The lowest BCUT2D eigenvalue weighted by atomic mass is 10.0. The van der Waals surface area contributed by atoms with Gasteiger partial charge in [-0.25, -0.2) is 14.7 Å². The summed E-state index contributed by atoms with van der Waals surface area (Å²) in [5.74, 6) is 0. The fourth-order valence-electron chi connectivity index (χ4n) is 5.73. The summed E-state index contributed by atoms with van der Waals surface area (Å²) in [5.41, 5.74) is 2.14. The maximum absolute atomic E-state index is 5.86. The molecule has 0 spiro atoms. The molecule has 0 aromatic heterocycles. The van der Waals surface area contributed by atoms with Crippen molar-refractivity contribution in [2.24, 2.45) is 0 Å². The zero-order valence-electron chi connectivity index (χ0n) is 22.4. The van der Waals surface area contributed by atoms with Crippen LogP contribution in [0.1, 0.15) is 58.2 Å². The van der Waals surface area contributed by atoms with Crippen LogP contribution in [0.25, 0.3) is 0 Å². The van der Waals surface area contributed by atoms with Gasteiger partial charge < -0.3 is 28.4 Å². The summed E-state index contributed by atoms with van der Waals surface area (Å²) in [7, 11) is 0. The third kappa shape index (κ3) is 4.22. The normalized spacial score (nSPS) is 45.9. The zero-order chi connectivity index (χ0) is 25.2.